The lowest BCUT2D eigenvalue weighted by molar-refractivity contribution is -0.131. The Balaban J connectivity index is 1.57. The van der Waals surface area contributed by atoms with E-state index < -0.39 is 0 Å². The zero-order valence-electron chi connectivity index (χ0n) is 12.3. The SMILES string of the molecule is CNC(=O)CN1CCC12CCN(C(=O)Cc1cccs1)C2. The zero-order valence-corrected chi connectivity index (χ0v) is 13.1. The molecule has 0 aliphatic carbocycles. The van der Waals surface area contributed by atoms with E-state index in [-0.39, 0.29) is 17.4 Å². The van der Waals surface area contributed by atoms with Crippen LogP contribution in [0, 0.1) is 0 Å². The van der Waals surface area contributed by atoms with Crippen LogP contribution in [0.3, 0.4) is 0 Å². The number of likely N-dealkylation sites (tertiary alicyclic amines) is 2. The standard InChI is InChI=1S/C15H21N3O2S/c1-16-13(19)10-18-7-5-15(18)4-6-17(11-15)14(20)9-12-3-2-8-21-12/h2-3,8H,4-7,9-11H2,1H3,(H,16,19). The largest absolute Gasteiger partial charge is 0.358 e. The van der Waals surface area contributed by atoms with Gasteiger partial charge in [-0.05, 0) is 24.3 Å². The number of carbonyl (C=O) groups excluding carboxylic acids is 2. The minimum absolute atomic E-state index is 0.0532. The second-order valence-corrected chi connectivity index (χ2v) is 6.92. The van der Waals surface area contributed by atoms with Crippen LogP contribution in [-0.2, 0) is 16.0 Å². The van der Waals surface area contributed by atoms with E-state index in [0.29, 0.717) is 13.0 Å². The molecular weight excluding hydrogens is 286 g/mol. The van der Waals surface area contributed by atoms with Crippen LogP contribution in [-0.4, -0.2) is 60.4 Å². The highest BCUT2D eigenvalue weighted by Gasteiger charge is 2.50. The van der Waals surface area contributed by atoms with Crippen molar-refractivity contribution in [1.29, 1.82) is 0 Å². The second-order valence-electron chi connectivity index (χ2n) is 5.89. The van der Waals surface area contributed by atoms with Gasteiger partial charge in [0.05, 0.1) is 13.0 Å². The summed E-state index contributed by atoms with van der Waals surface area (Å²) in [6, 6.07) is 3.99. The van der Waals surface area contributed by atoms with Gasteiger partial charge < -0.3 is 10.2 Å². The molecule has 1 atom stereocenters. The fourth-order valence-electron chi connectivity index (χ4n) is 3.29. The number of amides is 2. The van der Waals surface area contributed by atoms with Gasteiger partial charge in [-0.25, -0.2) is 0 Å². The highest BCUT2D eigenvalue weighted by atomic mass is 32.1. The average molecular weight is 307 g/mol. The summed E-state index contributed by atoms with van der Waals surface area (Å²) in [5.41, 5.74) is 0.0532. The maximum Gasteiger partial charge on any atom is 0.233 e. The van der Waals surface area contributed by atoms with Crippen molar-refractivity contribution in [1.82, 2.24) is 15.1 Å². The summed E-state index contributed by atoms with van der Waals surface area (Å²) in [4.78, 5) is 29.2. The van der Waals surface area contributed by atoms with Gasteiger partial charge in [0.2, 0.25) is 11.8 Å². The van der Waals surface area contributed by atoms with Gasteiger partial charge in [-0.15, -0.1) is 11.3 Å². The summed E-state index contributed by atoms with van der Waals surface area (Å²) in [6.07, 6.45) is 2.58. The van der Waals surface area contributed by atoms with Crippen LogP contribution < -0.4 is 5.32 Å². The summed E-state index contributed by atoms with van der Waals surface area (Å²) in [7, 11) is 1.67. The Morgan fingerprint density at radius 2 is 2.19 bits per heavy atom. The third-order valence-corrected chi connectivity index (χ3v) is 5.60. The van der Waals surface area contributed by atoms with E-state index >= 15 is 0 Å². The van der Waals surface area contributed by atoms with E-state index in [1.54, 1.807) is 18.4 Å². The van der Waals surface area contributed by atoms with E-state index in [9.17, 15) is 9.59 Å². The number of carbonyl (C=O) groups is 2. The highest BCUT2D eigenvalue weighted by Crippen LogP contribution is 2.38. The second kappa shape index (κ2) is 5.77. The lowest BCUT2D eigenvalue weighted by Gasteiger charge is -2.50. The summed E-state index contributed by atoms with van der Waals surface area (Å²) < 4.78 is 0. The number of thiophene rings is 1. The molecule has 1 aromatic heterocycles. The van der Waals surface area contributed by atoms with Crippen molar-refractivity contribution in [2.75, 3.05) is 33.2 Å². The molecule has 3 rings (SSSR count). The Hall–Kier alpha value is -1.40. The Labute approximate surface area is 128 Å². The molecule has 1 N–H and O–H groups in total. The summed E-state index contributed by atoms with van der Waals surface area (Å²) in [5.74, 6) is 0.263. The van der Waals surface area contributed by atoms with E-state index in [0.717, 1.165) is 37.4 Å². The van der Waals surface area contributed by atoms with Crippen molar-refractivity contribution in [2.24, 2.45) is 0 Å². The first-order chi connectivity index (χ1) is 10.1. The topological polar surface area (TPSA) is 52.7 Å². The number of hydrogen-bond donors (Lipinski definition) is 1. The zero-order chi connectivity index (χ0) is 14.9. The molecule has 2 aliphatic rings. The number of hydrogen-bond acceptors (Lipinski definition) is 4. The molecule has 6 heteroatoms. The first-order valence-corrected chi connectivity index (χ1v) is 8.27. The predicted molar refractivity (Wildman–Crippen MR) is 82.2 cm³/mol. The minimum atomic E-state index is 0.0532. The van der Waals surface area contributed by atoms with Gasteiger partial charge in [0.1, 0.15) is 0 Å². The summed E-state index contributed by atoms with van der Waals surface area (Å²) in [6.45, 7) is 2.99. The van der Waals surface area contributed by atoms with Gasteiger partial charge in [-0.2, -0.15) is 0 Å². The fraction of sp³-hybridized carbons (Fsp3) is 0.600. The van der Waals surface area contributed by atoms with Gasteiger partial charge in [0, 0.05) is 37.1 Å². The highest BCUT2D eigenvalue weighted by molar-refractivity contribution is 7.10. The van der Waals surface area contributed by atoms with Gasteiger partial charge in [-0.3, -0.25) is 14.5 Å². The Bertz CT molecular complexity index is 531. The molecule has 114 valence electrons. The van der Waals surface area contributed by atoms with Crippen molar-refractivity contribution < 1.29 is 9.59 Å². The van der Waals surface area contributed by atoms with Crippen molar-refractivity contribution in [3.8, 4) is 0 Å². The molecular formula is C15H21N3O2S. The molecule has 1 unspecified atom stereocenters. The Morgan fingerprint density at radius 3 is 2.81 bits per heavy atom. The van der Waals surface area contributed by atoms with Crippen molar-refractivity contribution >= 4 is 23.2 Å². The molecule has 21 heavy (non-hydrogen) atoms. The third kappa shape index (κ3) is 2.82. The lowest BCUT2D eigenvalue weighted by atomic mass is 9.83. The minimum Gasteiger partial charge on any atom is -0.358 e. The van der Waals surface area contributed by atoms with Gasteiger partial charge >= 0.3 is 0 Å². The van der Waals surface area contributed by atoms with E-state index in [1.807, 2.05) is 22.4 Å². The monoisotopic (exact) mass is 307 g/mol. The molecule has 0 radical (unpaired) electrons. The smallest absolute Gasteiger partial charge is 0.233 e. The molecule has 2 fully saturated rings. The van der Waals surface area contributed by atoms with Crippen molar-refractivity contribution in [2.45, 2.75) is 24.8 Å². The van der Waals surface area contributed by atoms with E-state index in [1.165, 1.54) is 0 Å². The van der Waals surface area contributed by atoms with Crippen molar-refractivity contribution in [3.05, 3.63) is 22.4 Å². The fourth-order valence-corrected chi connectivity index (χ4v) is 3.99. The van der Waals surface area contributed by atoms with Crippen molar-refractivity contribution in [3.63, 3.8) is 0 Å². The number of nitrogens with one attached hydrogen (secondary N) is 1. The number of rotatable bonds is 4. The molecule has 1 spiro atoms. The maximum absolute atomic E-state index is 12.4. The first kappa shape index (κ1) is 14.5. The van der Waals surface area contributed by atoms with Gasteiger partial charge in [0.25, 0.3) is 0 Å². The van der Waals surface area contributed by atoms with Crippen LogP contribution in [0.1, 0.15) is 17.7 Å². The molecule has 0 aromatic carbocycles. The van der Waals surface area contributed by atoms with Crippen LogP contribution in [0.5, 0.6) is 0 Å². The van der Waals surface area contributed by atoms with E-state index in [2.05, 4.69) is 10.2 Å². The predicted octanol–water partition coefficient (Wildman–Crippen LogP) is 0.713. The summed E-state index contributed by atoms with van der Waals surface area (Å²) in [5, 5.41) is 4.68. The number of nitrogens with zero attached hydrogens (tertiary/aromatic N) is 2. The third-order valence-electron chi connectivity index (χ3n) is 4.72. The van der Waals surface area contributed by atoms with Gasteiger partial charge in [0.15, 0.2) is 0 Å². The molecule has 0 bridgehead atoms. The normalized spacial score (nSPS) is 25.1. The average Bonchev–Trinajstić information content (AvgIpc) is 3.13. The van der Waals surface area contributed by atoms with E-state index in [4.69, 9.17) is 0 Å². The Kier molecular flexibility index (Phi) is 3.99. The summed E-state index contributed by atoms with van der Waals surface area (Å²) >= 11 is 1.63. The van der Waals surface area contributed by atoms with Crippen LogP contribution in [0.2, 0.25) is 0 Å². The number of likely N-dealkylation sites (N-methyl/N-ethyl adjacent to an activating group) is 1. The van der Waals surface area contributed by atoms with Crippen LogP contribution in [0.25, 0.3) is 0 Å². The van der Waals surface area contributed by atoms with Crippen LogP contribution in [0.4, 0.5) is 0 Å². The quantitative estimate of drug-likeness (QED) is 0.891. The molecule has 0 saturated carbocycles. The molecule has 3 heterocycles. The van der Waals surface area contributed by atoms with Crippen LogP contribution >= 0.6 is 11.3 Å². The van der Waals surface area contributed by atoms with Gasteiger partial charge in [-0.1, -0.05) is 6.07 Å². The maximum atomic E-state index is 12.4. The lowest BCUT2D eigenvalue weighted by Crippen LogP contribution is -2.63. The molecule has 5 nitrogen and oxygen atoms in total. The first-order valence-electron chi connectivity index (χ1n) is 7.39. The molecule has 2 amide bonds. The molecule has 1 aromatic rings. The van der Waals surface area contributed by atoms with Crippen LogP contribution in [0.15, 0.2) is 17.5 Å². The molecule has 2 saturated heterocycles. The molecule has 2 aliphatic heterocycles. The Morgan fingerprint density at radius 1 is 1.38 bits per heavy atom.